The van der Waals surface area contributed by atoms with E-state index < -0.39 is 125 Å². The van der Waals surface area contributed by atoms with Crippen LogP contribution in [0.15, 0.2) is 0 Å². The molecule has 1 aliphatic heterocycles. The van der Waals surface area contributed by atoms with Gasteiger partial charge in [-0.2, -0.15) is 61.1 Å². The Hall–Kier alpha value is -1.58. The largest absolute Gasteiger partial charge is 0.438 e. The summed E-state index contributed by atoms with van der Waals surface area (Å²) < 4.78 is 208. The van der Waals surface area contributed by atoms with Gasteiger partial charge in [0, 0.05) is 11.8 Å². The molecule has 5 rings (SSSR count). The van der Waals surface area contributed by atoms with Gasteiger partial charge in [-0.3, -0.25) is 9.35 Å². The summed E-state index contributed by atoms with van der Waals surface area (Å²) in [6.07, 6.45) is -29.9. The predicted octanol–water partition coefficient (Wildman–Crippen LogP) is 3.83. The minimum atomic E-state index is -6.69. The van der Waals surface area contributed by atoms with Crippen LogP contribution < -0.4 is 0 Å². The molecule has 0 amide bonds. The van der Waals surface area contributed by atoms with E-state index in [1.165, 1.54) is 0 Å². The van der Waals surface area contributed by atoms with Crippen molar-refractivity contribution < 1.29 is 89.8 Å². The lowest BCUT2D eigenvalue weighted by Crippen LogP contribution is -2.71. The molecule has 4 bridgehead atoms. The lowest BCUT2D eigenvalue weighted by molar-refractivity contribution is -0.410. The Morgan fingerprint density at radius 1 is 0.850 bits per heavy atom. The van der Waals surface area contributed by atoms with Crippen molar-refractivity contribution in [3.05, 3.63) is 0 Å². The molecule has 4 aliphatic carbocycles. The quantitative estimate of drug-likeness (QED) is 0.272. The number of hydrogen-bond donors (Lipinski definition) is 2. The van der Waals surface area contributed by atoms with E-state index in [4.69, 9.17) is 9.29 Å². The molecule has 2 unspecified atom stereocenters. The van der Waals surface area contributed by atoms with Crippen molar-refractivity contribution in [3.8, 4) is 0 Å². The van der Waals surface area contributed by atoms with Crippen LogP contribution in [0.25, 0.3) is 0 Å². The number of carbonyl (C=O) groups is 1. The summed E-state index contributed by atoms with van der Waals surface area (Å²) in [6, 6.07) is 0. The monoisotopic (exact) mass is 634 g/mol. The molecule has 1 spiro atoms. The first kappa shape index (κ1) is 31.4. The minimum absolute atomic E-state index is 0.695. The van der Waals surface area contributed by atoms with E-state index in [0.29, 0.717) is 0 Å². The highest BCUT2D eigenvalue weighted by atomic mass is 32.2. The Kier molecular flexibility index (Phi) is 6.49. The number of esters is 1. The molecule has 5 aliphatic rings. The smallest absolute Gasteiger partial charge is 0.438 e. The first-order chi connectivity index (χ1) is 17.6. The molecule has 5 fully saturated rings. The molecule has 2 atom stereocenters. The molecule has 0 aromatic heterocycles. The number of halogens is 12. The summed E-state index contributed by atoms with van der Waals surface area (Å²) in [5.74, 6) is -11.9. The highest BCUT2D eigenvalue weighted by Gasteiger charge is 2.83. The van der Waals surface area contributed by atoms with Crippen molar-refractivity contribution in [2.75, 3.05) is 12.4 Å². The first-order valence-corrected chi connectivity index (χ1v) is 12.7. The third-order valence-electron chi connectivity index (χ3n) is 8.08. The van der Waals surface area contributed by atoms with Crippen LogP contribution in [0.1, 0.15) is 32.1 Å². The second-order valence-electron chi connectivity index (χ2n) is 10.8. The maximum atomic E-state index is 13.7. The maximum absolute atomic E-state index is 13.7. The van der Waals surface area contributed by atoms with E-state index in [9.17, 15) is 71.0 Å². The summed E-state index contributed by atoms with van der Waals surface area (Å²) in [7, 11) is -6.14. The molecule has 0 radical (unpaired) electrons. The van der Waals surface area contributed by atoms with Crippen molar-refractivity contribution in [1.29, 1.82) is 0 Å². The van der Waals surface area contributed by atoms with Gasteiger partial charge >= 0.3 is 36.3 Å². The number of carbonyl (C=O) groups excluding carboxylic acids is 1. The summed E-state index contributed by atoms with van der Waals surface area (Å²) in [5.41, 5.74) is -15.4. The van der Waals surface area contributed by atoms with Crippen LogP contribution in [0, 0.1) is 17.3 Å². The van der Waals surface area contributed by atoms with Gasteiger partial charge in [0.05, 0.1) is 17.6 Å². The van der Waals surface area contributed by atoms with Gasteiger partial charge in [0.15, 0.2) is 5.79 Å². The summed E-state index contributed by atoms with van der Waals surface area (Å²) in [5, 5.41) is 10.9. The fourth-order valence-corrected chi connectivity index (χ4v) is 7.51. The Morgan fingerprint density at radius 2 is 1.30 bits per heavy atom. The second-order valence-corrected chi connectivity index (χ2v) is 12.2. The van der Waals surface area contributed by atoms with E-state index in [-0.39, 0.29) is 0 Å². The molecule has 0 aromatic carbocycles. The average Bonchev–Trinajstić information content (AvgIpc) is 3.11. The van der Waals surface area contributed by atoms with Crippen molar-refractivity contribution in [2.45, 2.75) is 79.4 Å². The molecule has 8 nitrogen and oxygen atoms in total. The highest BCUT2D eigenvalue weighted by molar-refractivity contribution is 7.85. The molecule has 40 heavy (non-hydrogen) atoms. The van der Waals surface area contributed by atoms with Crippen molar-refractivity contribution >= 4 is 16.1 Å². The Morgan fingerprint density at radius 3 is 1.65 bits per heavy atom. The molecule has 4 saturated carbocycles. The summed E-state index contributed by atoms with van der Waals surface area (Å²) >= 11 is 0. The van der Waals surface area contributed by atoms with E-state index in [0.717, 1.165) is 0 Å². The fraction of sp³-hybridized carbons (Fsp3) is 0.947. The standard InChI is InChI=1S/C19H18F12O8S/c20-16(21,22)13(17(23,24)25)6-37-15(39-13)8-1-11(2-9(15)4-12(33,3-8)5-11)10(32)38-14(18(26,27)28,19(29,30)31)7-40(34,35)36/h8-9,33H,1-7H2,(H,34,35,36). The lowest BCUT2D eigenvalue weighted by Gasteiger charge is -2.64. The Bertz CT molecular complexity index is 1130. The highest BCUT2D eigenvalue weighted by Crippen LogP contribution is 2.70. The molecule has 1 heterocycles. The van der Waals surface area contributed by atoms with Crippen LogP contribution in [0.2, 0.25) is 0 Å². The zero-order chi connectivity index (χ0) is 30.8. The van der Waals surface area contributed by atoms with Gasteiger partial charge in [0.2, 0.25) is 0 Å². The Balaban J connectivity index is 1.74. The first-order valence-electron chi connectivity index (χ1n) is 11.1. The molecular weight excluding hydrogens is 616 g/mol. The molecule has 2 N–H and O–H groups in total. The van der Waals surface area contributed by atoms with E-state index in [2.05, 4.69) is 9.47 Å². The SMILES string of the molecule is O=C(OC(CS(=O)(=O)O)(C(F)(F)F)C(F)(F)F)C12CC3CC(O)(CC(C1)C31OCC(C(F)(F)F)(C(F)(F)F)O1)C2. The number of rotatable bonds is 4. The van der Waals surface area contributed by atoms with Gasteiger partial charge in [-0.25, -0.2) is 0 Å². The zero-order valence-electron chi connectivity index (χ0n) is 19.4. The third-order valence-corrected chi connectivity index (χ3v) is 8.86. The average molecular weight is 634 g/mol. The minimum Gasteiger partial charge on any atom is -0.438 e. The van der Waals surface area contributed by atoms with E-state index in [1.807, 2.05) is 0 Å². The van der Waals surface area contributed by atoms with Gasteiger partial charge in [-0.15, -0.1) is 0 Å². The van der Waals surface area contributed by atoms with Crippen LogP contribution in [-0.2, 0) is 29.1 Å². The van der Waals surface area contributed by atoms with Gasteiger partial charge in [-0.1, -0.05) is 0 Å². The normalized spacial score (nSPS) is 36.4. The molecule has 1 saturated heterocycles. The topological polar surface area (TPSA) is 119 Å². The fourth-order valence-electron chi connectivity index (χ4n) is 6.61. The van der Waals surface area contributed by atoms with Gasteiger partial charge in [0.25, 0.3) is 15.7 Å². The molecular formula is C19H18F12O8S. The van der Waals surface area contributed by atoms with Crippen molar-refractivity contribution in [3.63, 3.8) is 0 Å². The predicted molar refractivity (Wildman–Crippen MR) is 99.4 cm³/mol. The third kappa shape index (κ3) is 4.36. The summed E-state index contributed by atoms with van der Waals surface area (Å²) in [4.78, 5) is 13.0. The van der Waals surface area contributed by atoms with Crippen LogP contribution in [0.3, 0.4) is 0 Å². The molecule has 21 heteroatoms. The number of alkyl halides is 12. The lowest BCUT2D eigenvalue weighted by atomic mass is 9.45. The van der Waals surface area contributed by atoms with E-state index in [1.54, 1.807) is 0 Å². The van der Waals surface area contributed by atoms with Crippen LogP contribution >= 0.6 is 0 Å². The van der Waals surface area contributed by atoms with Gasteiger partial charge in [-0.05, 0) is 32.1 Å². The second kappa shape index (κ2) is 8.28. The number of hydrogen-bond acceptors (Lipinski definition) is 7. The number of ether oxygens (including phenoxy) is 3. The molecule has 232 valence electrons. The van der Waals surface area contributed by atoms with Gasteiger partial charge < -0.3 is 19.3 Å². The summed E-state index contributed by atoms with van der Waals surface area (Å²) in [6.45, 7) is -2.11. The van der Waals surface area contributed by atoms with Gasteiger partial charge in [0.1, 0.15) is 5.75 Å². The van der Waals surface area contributed by atoms with Crippen LogP contribution in [-0.4, -0.2) is 83.7 Å². The molecule has 0 aromatic rings. The van der Waals surface area contributed by atoms with Crippen molar-refractivity contribution in [1.82, 2.24) is 0 Å². The maximum Gasteiger partial charge on any atom is 0.438 e. The Labute approximate surface area is 215 Å². The number of aliphatic hydroxyl groups is 1. The zero-order valence-corrected chi connectivity index (χ0v) is 20.2. The van der Waals surface area contributed by atoms with Crippen LogP contribution in [0.4, 0.5) is 52.7 Å². The van der Waals surface area contributed by atoms with Crippen molar-refractivity contribution in [2.24, 2.45) is 17.3 Å². The van der Waals surface area contributed by atoms with Crippen LogP contribution in [0.5, 0.6) is 0 Å². The van der Waals surface area contributed by atoms with E-state index >= 15 is 0 Å².